The third-order valence-electron chi connectivity index (χ3n) is 3.41. The quantitative estimate of drug-likeness (QED) is 0.906. The molecule has 0 bridgehead atoms. The number of nitrogen functional groups attached to an aromatic ring is 1. The number of benzene rings is 1. The Balaban J connectivity index is 1.87. The highest BCUT2D eigenvalue weighted by molar-refractivity contribution is 6.33. The second-order valence-corrected chi connectivity index (χ2v) is 5.64. The molecule has 0 radical (unpaired) electrons. The molecule has 1 heterocycles. The molecule has 4 nitrogen and oxygen atoms in total. The standard InChI is InChI=1S/C15H16ClN3O/c1-9-2-5-12(16)13(6-9)18-15(20)14-7-10(17)8-19(14)11-3-4-11/h2,5-8,11H,3-4,17H2,1H3,(H,18,20). The van der Waals surface area contributed by atoms with E-state index in [1.807, 2.05) is 29.8 Å². The van der Waals surface area contributed by atoms with Crippen LogP contribution in [0, 0.1) is 6.92 Å². The molecule has 0 unspecified atom stereocenters. The first-order chi connectivity index (χ1) is 9.54. The molecule has 1 aromatic carbocycles. The number of nitrogens with zero attached hydrogens (tertiary/aromatic N) is 1. The highest BCUT2D eigenvalue weighted by Crippen LogP contribution is 2.37. The van der Waals surface area contributed by atoms with Crippen LogP contribution in [0.1, 0.15) is 34.9 Å². The summed E-state index contributed by atoms with van der Waals surface area (Å²) in [7, 11) is 0. The molecule has 1 amide bonds. The largest absolute Gasteiger partial charge is 0.397 e. The average Bonchev–Trinajstić information content (AvgIpc) is 3.17. The summed E-state index contributed by atoms with van der Waals surface area (Å²) in [5.74, 6) is -0.180. The van der Waals surface area contributed by atoms with Gasteiger partial charge >= 0.3 is 0 Å². The molecule has 1 fully saturated rings. The van der Waals surface area contributed by atoms with Crippen molar-refractivity contribution in [2.75, 3.05) is 11.1 Å². The number of hydrogen-bond acceptors (Lipinski definition) is 2. The molecule has 0 spiro atoms. The van der Waals surface area contributed by atoms with Crippen LogP contribution in [0.3, 0.4) is 0 Å². The summed E-state index contributed by atoms with van der Waals surface area (Å²) in [6.45, 7) is 1.96. The highest BCUT2D eigenvalue weighted by atomic mass is 35.5. The number of aryl methyl sites for hydroxylation is 1. The zero-order valence-electron chi connectivity index (χ0n) is 11.2. The third-order valence-corrected chi connectivity index (χ3v) is 3.74. The zero-order chi connectivity index (χ0) is 14.3. The first-order valence-electron chi connectivity index (χ1n) is 6.59. The van der Waals surface area contributed by atoms with Crippen LogP contribution in [0.4, 0.5) is 11.4 Å². The molecule has 104 valence electrons. The predicted molar refractivity (Wildman–Crippen MR) is 81.3 cm³/mol. The van der Waals surface area contributed by atoms with E-state index in [9.17, 15) is 4.79 Å². The number of amides is 1. The molecule has 2 aromatic rings. The lowest BCUT2D eigenvalue weighted by Crippen LogP contribution is -2.16. The molecule has 0 aliphatic heterocycles. The molecular formula is C15H16ClN3O. The number of nitrogens with one attached hydrogen (secondary N) is 1. The summed E-state index contributed by atoms with van der Waals surface area (Å²) in [6.07, 6.45) is 4.02. The van der Waals surface area contributed by atoms with Crippen molar-refractivity contribution in [3.8, 4) is 0 Å². The maximum Gasteiger partial charge on any atom is 0.272 e. The number of carbonyl (C=O) groups is 1. The topological polar surface area (TPSA) is 60.1 Å². The fourth-order valence-electron chi connectivity index (χ4n) is 2.26. The SMILES string of the molecule is Cc1ccc(Cl)c(NC(=O)c2cc(N)cn2C2CC2)c1. The Labute approximate surface area is 122 Å². The highest BCUT2D eigenvalue weighted by Gasteiger charge is 2.27. The minimum Gasteiger partial charge on any atom is -0.397 e. The Morgan fingerprint density at radius 1 is 1.40 bits per heavy atom. The summed E-state index contributed by atoms with van der Waals surface area (Å²) >= 11 is 6.10. The van der Waals surface area contributed by atoms with Gasteiger partial charge in [-0.25, -0.2) is 0 Å². The number of nitrogens with two attached hydrogens (primary N) is 1. The van der Waals surface area contributed by atoms with E-state index in [4.69, 9.17) is 17.3 Å². The summed E-state index contributed by atoms with van der Waals surface area (Å²) < 4.78 is 1.95. The van der Waals surface area contributed by atoms with Gasteiger partial charge in [-0.15, -0.1) is 0 Å². The van der Waals surface area contributed by atoms with Crippen molar-refractivity contribution >= 4 is 28.9 Å². The monoisotopic (exact) mass is 289 g/mol. The number of anilines is 2. The van der Waals surface area contributed by atoms with Gasteiger partial charge in [0.05, 0.1) is 16.4 Å². The Hall–Kier alpha value is -1.94. The van der Waals surface area contributed by atoms with Crippen LogP contribution in [0.5, 0.6) is 0 Å². The van der Waals surface area contributed by atoms with E-state index in [1.165, 1.54) is 0 Å². The molecular weight excluding hydrogens is 274 g/mol. The van der Waals surface area contributed by atoms with Crippen LogP contribution in [0.2, 0.25) is 5.02 Å². The lowest BCUT2D eigenvalue weighted by molar-refractivity contribution is 0.101. The van der Waals surface area contributed by atoms with Gasteiger partial charge in [-0.2, -0.15) is 0 Å². The Morgan fingerprint density at radius 2 is 2.15 bits per heavy atom. The van der Waals surface area contributed by atoms with E-state index in [2.05, 4.69) is 5.32 Å². The van der Waals surface area contributed by atoms with Crippen LogP contribution in [0.25, 0.3) is 0 Å². The average molecular weight is 290 g/mol. The minimum absolute atomic E-state index is 0.180. The van der Waals surface area contributed by atoms with Crippen molar-refractivity contribution < 1.29 is 4.79 Å². The van der Waals surface area contributed by atoms with Gasteiger partial charge in [0, 0.05) is 12.2 Å². The fourth-order valence-corrected chi connectivity index (χ4v) is 2.42. The van der Waals surface area contributed by atoms with Gasteiger partial charge in [-0.05, 0) is 43.5 Å². The van der Waals surface area contributed by atoms with Gasteiger partial charge in [0.25, 0.3) is 5.91 Å². The van der Waals surface area contributed by atoms with Gasteiger partial charge in [0.1, 0.15) is 5.69 Å². The van der Waals surface area contributed by atoms with E-state index in [0.29, 0.717) is 28.1 Å². The molecule has 1 saturated carbocycles. The van der Waals surface area contributed by atoms with Gasteiger partial charge in [0.2, 0.25) is 0 Å². The normalized spacial score (nSPS) is 14.3. The Kier molecular flexibility index (Phi) is 3.18. The summed E-state index contributed by atoms with van der Waals surface area (Å²) in [5, 5.41) is 3.39. The van der Waals surface area contributed by atoms with Crippen LogP contribution < -0.4 is 11.1 Å². The van der Waals surface area contributed by atoms with Crippen molar-refractivity contribution in [1.29, 1.82) is 0 Å². The van der Waals surface area contributed by atoms with Gasteiger partial charge in [-0.3, -0.25) is 4.79 Å². The van der Waals surface area contributed by atoms with E-state index >= 15 is 0 Å². The number of rotatable bonds is 3. The van der Waals surface area contributed by atoms with Crippen molar-refractivity contribution in [1.82, 2.24) is 4.57 Å². The first-order valence-corrected chi connectivity index (χ1v) is 6.97. The molecule has 0 atom stereocenters. The number of carbonyl (C=O) groups excluding carboxylic acids is 1. The van der Waals surface area contributed by atoms with Gasteiger partial charge in [0.15, 0.2) is 0 Å². The lowest BCUT2D eigenvalue weighted by atomic mass is 10.2. The van der Waals surface area contributed by atoms with Crippen LogP contribution in [-0.2, 0) is 0 Å². The van der Waals surface area contributed by atoms with Crippen molar-refractivity contribution in [2.45, 2.75) is 25.8 Å². The molecule has 5 heteroatoms. The Bertz CT molecular complexity index is 674. The van der Waals surface area contributed by atoms with Crippen LogP contribution >= 0.6 is 11.6 Å². The molecule has 3 rings (SSSR count). The first kappa shape index (κ1) is 13.1. The maximum atomic E-state index is 12.4. The smallest absolute Gasteiger partial charge is 0.272 e. The lowest BCUT2D eigenvalue weighted by Gasteiger charge is -2.10. The zero-order valence-corrected chi connectivity index (χ0v) is 11.9. The van der Waals surface area contributed by atoms with E-state index < -0.39 is 0 Å². The molecule has 1 aliphatic rings. The van der Waals surface area contributed by atoms with Crippen molar-refractivity contribution in [3.05, 3.63) is 46.7 Å². The van der Waals surface area contributed by atoms with Gasteiger partial charge < -0.3 is 15.6 Å². The number of hydrogen-bond donors (Lipinski definition) is 2. The molecule has 0 saturated heterocycles. The van der Waals surface area contributed by atoms with E-state index in [1.54, 1.807) is 12.1 Å². The third kappa shape index (κ3) is 2.51. The number of aromatic nitrogens is 1. The molecule has 1 aromatic heterocycles. The summed E-state index contributed by atoms with van der Waals surface area (Å²) in [6, 6.07) is 7.65. The minimum atomic E-state index is -0.180. The van der Waals surface area contributed by atoms with Crippen molar-refractivity contribution in [2.24, 2.45) is 0 Å². The molecule has 3 N–H and O–H groups in total. The second-order valence-electron chi connectivity index (χ2n) is 5.23. The predicted octanol–water partition coefficient (Wildman–Crippen LogP) is 3.62. The van der Waals surface area contributed by atoms with E-state index in [-0.39, 0.29) is 5.91 Å². The van der Waals surface area contributed by atoms with Gasteiger partial charge in [-0.1, -0.05) is 17.7 Å². The maximum absolute atomic E-state index is 12.4. The van der Waals surface area contributed by atoms with Crippen LogP contribution in [-0.4, -0.2) is 10.5 Å². The van der Waals surface area contributed by atoms with Crippen LogP contribution in [0.15, 0.2) is 30.5 Å². The molecule has 1 aliphatic carbocycles. The Morgan fingerprint density at radius 3 is 2.85 bits per heavy atom. The summed E-state index contributed by atoms with van der Waals surface area (Å²) in [5.41, 5.74) is 8.66. The second kappa shape index (κ2) is 4.87. The summed E-state index contributed by atoms with van der Waals surface area (Å²) in [4.78, 5) is 12.4. The number of halogens is 1. The molecule has 20 heavy (non-hydrogen) atoms. The van der Waals surface area contributed by atoms with Crippen molar-refractivity contribution in [3.63, 3.8) is 0 Å². The fraction of sp³-hybridized carbons (Fsp3) is 0.267. The van der Waals surface area contributed by atoms with E-state index in [0.717, 1.165) is 18.4 Å².